The van der Waals surface area contributed by atoms with Gasteiger partial charge in [-0.15, -0.1) is 0 Å². The Morgan fingerprint density at radius 1 is 1.26 bits per heavy atom. The number of likely N-dealkylation sites (N-methyl/N-ethyl adjacent to an activating group) is 1. The van der Waals surface area contributed by atoms with Gasteiger partial charge in [0.1, 0.15) is 0 Å². The van der Waals surface area contributed by atoms with E-state index in [9.17, 15) is 4.79 Å². The number of ether oxygens (including phenoxy) is 1. The molecule has 2 heterocycles. The number of carbonyl (C=O) groups excluding carboxylic acids is 1. The highest BCUT2D eigenvalue weighted by Gasteiger charge is 2.39. The molecule has 0 N–H and O–H groups in total. The number of nitrogens with zero attached hydrogens (tertiary/aromatic N) is 2. The molecule has 2 aliphatic rings. The minimum Gasteiger partial charge on any atom is -0.381 e. The lowest BCUT2D eigenvalue weighted by Crippen LogP contribution is -2.48. The van der Waals surface area contributed by atoms with E-state index in [1.54, 1.807) is 7.11 Å². The summed E-state index contributed by atoms with van der Waals surface area (Å²) in [6, 6.07) is 1.04. The zero-order valence-electron chi connectivity index (χ0n) is 12.6. The SMILES string of the molecule is CCN1CCCC1C1CCCN1C(=O)CC(C)OC. The number of carbonyl (C=O) groups is 1. The molecule has 0 saturated carbocycles. The molecule has 2 fully saturated rings. The third kappa shape index (κ3) is 3.29. The van der Waals surface area contributed by atoms with Crippen LogP contribution in [0.3, 0.4) is 0 Å². The first-order chi connectivity index (χ1) is 9.17. The van der Waals surface area contributed by atoms with Crippen molar-refractivity contribution in [3.8, 4) is 0 Å². The van der Waals surface area contributed by atoms with Gasteiger partial charge in [0.05, 0.1) is 12.5 Å². The first-order valence-corrected chi connectivity index (χ1v) is 7.73. The van der Waals surface area contributed by atoms with Gasteiger partial charge in [-0.05, 0) is 45.7 Å². The molecule has 4 heteroatoms. The molecule has 2 rings (SSSR count). The second-order valence-corrected chi connectivity index (χ2v) is 5.89. The molecule has 4 nitrogen and oxygen atoms in total. The topological polar surface area (TPSA) is 32.8 Å². The van der Waals surface area contributed by atoms with Gasteiger partial charge in [-0.1, -0.05) is 6.92 Å². The van der Waals surface area contributed by atoms with Gasteiger partial charge >= 0.3 is 0 Å². The number of hydrogen-bond donors (Lipinski definition) is 0. The third-order valence-electron chi connectivity index (χ3n) is 4.75. The lowest BCUT2D eigenvalue weighted by atomic mass is 10.0. The molecule has 19 heavy (non-hydrogen) atoms. The smallest absolute Gasteiger partial charge is 0.225 e. The van der Waals surface area contributed by atoms with Crippen molar-refractivity contribution in [2.45, 2.75) is 64.1 Å². The summed E-state index contributed by atoms with van der Waals surface area (Å²) in [5.74, 6) is 0.278. The predicted octanol–water partition coefficient (Wildman–Crippen LogP) is 1.89. The maximum atomic E-state index is 12.4. The molecular weight excluding hydrogens is 240 g/mol. The Morgan fingerprint density at radius 3 is 2.63 bits per heavy atom. The minimum atomic E-state index is 0.0274. The van der Waals surface area contributed by atoms with Crippen molar-refractivity contribution in [1.82, 2.24) is 9.80 Å². The Bertz CT molecular complexity index is 309. The maximum Gasteiger partial charge on any atom is 0.225 e. The van der Waals surface area contributed by atoms with Gasteiger partial charge in [-0.25, -0.2) is 0 Å². The van der Waals surface area contributed by atoms with Gasteiger partial charge < -0.3 is 9.64 Å². The van der Waals surface area contributed by atoms with Crippen LogP contribution in [0.4, 0.5) is 0 Å². The van der Waals surface area contributed by atoms with Crippen LogP contribution in [0.15, 0.2) is 0 Å². The largest absolute Gasteiger partial charge is 0.381 e. The van der Waals surface area contributed by atoms with Crippen LogP contribution in [0, 0.1) is 0 Å². The minimum absolute atomic E-state index is 0.0274. The van der Waals surface area contributed by atoms with Crippen LogP contribution in [-0.2, 0) is 9.53 Å². The zero-order valence-corrected chi connectivity index (χ0v) is 12.6. The van der Waals surface area contributed by atoms with Gasteiger partial charge in [0.25, 0.3) is 0 Å². The number of amides is 1. The van der Waals surface area contributed by atoms with Crippen molar-refractivity contribution in [3.63, 3.8) is 0 Å². The van der Waals surface area contributed by atoms with Gasteiger partial charge in [-0.2, -0.15) is 0 Å². The molecule has 0 spiro atoms. The Morgan fingerprint density at radius 2 is 1.95 bits per heavy atom. The summed E-state index contributed by atoms with van der Waals surface area (Å²) in [7, 11) is 1.68. The Kier molecular flexibility index (Phi) is 5.22. The van der Waals surface area contributed by atoms with Crippen LogP contribution < -0.4 is 0 Å². The first kappa shape index (κ1) is 14.8. The average molecular weight is 268 g/mol. The third-order valence-corrected chi connectivity index (χ3v) is 4.75. The predicted molar refractivity (Wildman–Crippen MR) is 76.1 cm³/mol. The second-order valence-electron chi connectivity index (χ2n) is 5.89. The van der Waals surface area contributed by atoms with Gasteiger partial charge in [-0.3, -0.25) is 9.69 Å². The summed E-state index contributed by atoms with van der Waals surface area (Å²) < 4.78 is 5.23. The molecule has 3 unspecified atom stereocenters. The molecular formula is C15H28N2O2. The van der Waals surface area contributed by atoms with E-state index in [1.165, 1.54) is 25.8 Å². The van der Waals surface area contributed by atoms with Crippen molar-refractivity contribution >= 4 is 5.91 Å². The molecule has 2 saturated heterocycles. The van der Waals surface area contributed by atoms with Crippen molar-refractivity contribution in [2.24, 2.45) is 0 Å². The summed E-state index contributed by atoms with van der Waals surface area (Å²) in [4.78, 5) is 17.1. The zero-order chi connectivity index (χ0) is 13.8. The number of rotatable bonds is 5. The fourth-order valence-corrected chi connectivity index (χ4v) is 3.63. The normalized spacial score (nSPS) is 29.9. The Labute approximate surface area is 117 Å². The lowest BCUT2D eigenvalue weighted by Gasteiger charge is -2.35. The van der Waals surface area contributed by atoms with E-state index in [2.05, 4.69) is 16.7 Å². The Hall–Kier alpha value is -0.610. The highest BCUT2D eigenvalue weighted by atomic mass is 16.5. The van der Waals surface area contributed by atoms with Crippen molar-refractivity contribution in [2.75, 3.05) is 26.7 Å². The van der Waals surface area contributed by atoms with Crippen LogP contribution in [0.2, 0.25) is 0 Å². The highest BCUT2D eigenvalue weighted by Crippen LogP contribution is 2.30. The number of hydrogen-bond acceptors (Lipinski definition) is 3. The molecule has 0 aromatic carbocycles. The molecule has 110 valence electrons. The molecule has 1 amide bonds. The van der Waals surface area contributed by atoms with Crippen molar-refractivity contribution in [3.05, 3.63) is 0 Å². The van der Waals surface area contributed by atoms with E-state index in [0.29, 0.717) is 18.5 Å². The van der Waals surface area contributed by atoms with Crippen molar-refractivity contribution < 1.29 is 9.53 Å². The molecule has 0 radical (unpaired) electrons. The van der Waals surface area contributed by atoms with Crippen LogP contribution in [-0.4, -0.2) is 60.6 Å². The van der Waals surface area contributed by atoms with E-state index in [1.807, 2.05) is 6.92 Å². The standard InChI is InChI=1S/C15H28N2O2/c1-4-16-9-5-7-13(16)14-8-6-10-17(14)15(18)11-12(2)19-3/h12-14H,4-11H2,1-3H3. The monoisotopic (exact) mass is 268 g/mol. The van der Waals surface area contributed by atoms with Crippen LogP contribution in [0.1, 0.15) is 46.0 Å². The van der Waals surface area contributed by atoms with Crippen LogP contribution >= 0.6 is 0 Å². The summed E-state index contributed by atoms with van der Waals surface area (Å²) in [5, 5.41) is 0. The summed E-state index contributed by atoms with van der Waals surface area (Å²) in [5.41, 5.74) is 0. The van der Waals surface area contributed by atoms with E-state index >= 15 is 0 Å². The molecule has 0 bridgehead atoms. The maximum absolute atomic E-state index is 12.4. The molecule has 0 aromatic heterocycles. The summed E-state index contributed by atoms with van der Waals surface area (Å²) in [6.45, 7) is 7.45. The fraction of sp³-hybridized carbons (Fsp3) is 0.933. The average Bonchev–Trinajstić information content (AvgIpc) is 3.05. The molecule has 0 aliphatic carbocycles. The first-order valence-electron chi connectivity index (χ1n) is 7.73. The van der Waals surface area contributed by atoms with Crippen LogP contribution in [0.5, 0.6) is 0 Å². The number of likely N-dealkylation sites (tertiary alicyclic amines) is 2. The van der Waals surface area contributed by atoms with Gasteiger partial charge in [0.15, 0.2) is 0 Å². The van der Waals surface area contributed by atoms with Crippen LogP contribution in [0.25, 0.3) is 0 Å². The van der Waals surface area contributed by atoms with Crippen molar-refractivity contribution in [1.29, 1.82) is 0 Å². The van der Waals surface area contributed by atoms with E-state index in [0.717, 1.165) is 19.5 Å². The van der Waals surface area contributed by atoms with E-state index in [4.69, 9.17) is 4.74 Å². The molecule has 0 aromatic rings. The van der Waals surface area contributed by atoms with Gasteiger partial charge in [0, 0.05) is 25.7 Å². The molecule has 3 atom stereocenters. The summed E-state index contributed by atoms with van der Waals surface area (Å²) in [6.07, 6.45) is 5.42. The number of methoxy groups -OCH3 is 1. The lowest BCUT2D eigenvalue weighted by molar-refractivity contribution is -0.135. The van der Waals surface area contributed by atoms with E-state index in [-0.39, 0.29) is 12.0 Å². The highest BCUT2D eigenvalue weighted by molar-refractivity contribution is 5.77. The second kappa shape index (κ2) is 6.71. The Balaban J connectivity index is 1.98. The van der Waals surface area contributed by atoms with Gasteiger partial charge in [0.2, 0.25) is 5.91 Å². The fourth-order valence-electron chi connectivity index (χ4n) is 3.63. The molecule has 2 aliphatic heterocycles. The summed E-state index contributed by atoms with van der Waals surface area (Å²) >= 11 is 0. The quantitative estimate of drug-likeness (QED) is 0.763. The van der Waals surface area contributed by atoms with E-state index < -0.39 is 0 Å².